The number of nitrogens with zero attached hydrogens (tertiary/aromatic N) is 2. The van der Waals surface area contributed by atoms with E-state index in [2.05, 4.69) is 11.9 Å². The lowest BCUT2D eigenvalue weighted by Crippen LogP contribution is -1.97. The van der Waals surface area contributed by atoms with E-state index >= 15 is 0 Å². The Labute approximate surface area is 66.1 Å². The summed E-state index contributed by atoms with van der Waals surface area (Å²) >= 11 is 0. The van der Waals surface area contributed by atoms with E-state index in [1.165, 1.54) is 0 Å². The summed E-state index contributed by atoms with van der Waals surface area (Å²) in [6, 6.07) is 0. The second-order valence-corrected chi connectivity index (χ2v) is 2.53. The topological polar surface area (TPSA) is 34.9 Å². The molecule has 0 aliphatic heterocycles. The van der Waals surface area contributed by atoms with Crippen molar-refractivity contribution in [3.8, 4) is 0 Å². The van der Waals surface area contributed by atoms with Crippen LogP contribution in [0, 0.1) is 6.92 Å². The molecule has 0 radical (unpaired) electrons. The number of aldehydes is 1. The van der Waals surface area contributed by atoms with Gasteiger partial charge in [0.25, 0.3) is 0 Å². The number of carbonyl (C=O) groups is 1. The molecule has 0 N–H and O–H groups in total. The van der Waals surface area contributed by atoms with Crippen molar-refractivity contribution < 1.29 is 4.79 Å². The van der Waals surface area contributed by atoms with E-state index in [-0.39, 0.29) is 0 Å². The molecule has 1 aromatic rings. The van der Waals surface area contributed by atoms with Crippen molar-refractivity contribution in [2.75, 3.05) is 0 Å². The van der Waals surface area contributed by atoms with Crippen LogP contribution >= 0.6 is 0 Å². The first-order valence-corrected chi connectivity index (χ1v) is 3.76. The van der Waals surface area contributed by atoms with E-state index in [1.807, 2.05) is 11.5 Å². The predicted molar refractivity (Wildman–Crippen MR) is 42.6 cm³/mol. The molecule has 0 bridgehead atoms. The molecular formula is C8H12N2O. The fourth-order valence-corrected chi connectivity index (χ4v) is 1.04. The van der Waals surface area contributed by atoms with Gasteiger partial charge in [-0.15, -0.1) is 0 Å². The van der Waals surface area contributed by atoms with E-state index in [1.54, 1.807) is 6.33 Å². The van der Waals surface area contributed by atoms with Crippen molar-refractivity contribution in [1.29, 1.82) is 0 Å². The Morgan fingerprint density at radius 2 is 2.45 bits per heavy atom. The van der Waals surface area contributed by atoms with Crippen molar-refractivity contribution in [2.45, 2.75) is 26.8 Å². The molecule has 0 saturated carbocycles. The first-order chi connectivity index (χ1) is 5.29. The minimum absolute atomic E-state index is 0.554. The fourth-order valence-electron chi connectivity index (χ4n) is 1.04. The summed E-state index contributed by atoms with van der Waals surface area (Å²) in [5, 5.41) is 0. The van der Waals surface area contributed by atoms with Crippen LogP contribution in [0.2, 0.25) is 0 Å². The molecule has 0 atom stereocenters. The second-order valence-electron chi connectivity index (χ2n) is 2.53. The van der Waals surface area contributed by atoms with Gasteiger partial charge in [-0.25, -0.2) is 4.98 Å². The van der Waals surface area contributed by atoms with Gasteiger partial charge in [-0.3, -0.25) is 4.79 Å². The number of hydrogen-bond acceptors (Lipinski definition) is 2. The smallest absolute Gasteiger partial charge is 0.170 e. The van der Waals surface area contributed by atoms with E-state index in [0.717, 1.165) is 24.9 Å². The predicted octanol–water partition coefficient (Wildman–Crippen LogP) is 1.41. The maximum absolute atomic E-state index is 10.4. The van der Waals surface area contributed by atoms with Gasteiger partial charge >= 0.3 is 0 Å². The minimum atomic E-state index is 0.554. The first kappa shape index (κ1) is 7.98. The molecule has 0 saturated heterocycles. The standard InChI is InChI=1S/C8H12N2O/c1-3-4-10-6-9-8(5-11)7(10)2/h5-6H,3-4H2,1-2H3. The Kier molecular flexibility index (Phi) is 2.41. The van der Waals surface area contributed by atoms with Crippen LogP contribution in [0.25, 0.3) is 0 Å². The Balaban J connectivity index is 2.90. The molecule has 0 amide bonds. The summed E-state index contributed by atoms with van der Waals surface area (Å²) in [6.07, 6.45) is 3.57. The lowest BCUT2D eigenvalue weighted by Gasteiger charge is -2.00. The van der Waals surface area contributed by atoms with Gasteiger partial charge in [0, 0.05) is 12.2 Å². The van der Waals surface area contributed by atoms with Gasteiger partial charge < -0.3 is 4.57 Å². The van der Waals surface area contributed by atoms with Crippen LogP contribution in [0.4, 0.5) is 0 Å². The first-order valence-electron chi connectivity index (χ1n) is 3.76. The number of aryl methyl sites for hydroxylation is 1. The third-order valence-electron chi connectivity index (χ3n) is 1.71. The van der Waals surface area contributed by atoms with E-state index in [0.29, 0.717) is 5.69 Å². The lowest BCUT2D eigenvalue weighted by atomic mass is 10.3. The van der Waals surface area contributed by atoms with Crippen molar-refractivity contribution in [3.05, 3.63) is 17.7 Å². The number of rotatable bonds is 3. The molecule has 0 aromatic carbocycles. The van der Waals surface area contributed by atoms with Crippen molar-refractivity contribution in [3.63, 3.8) is 0 Å². The molecule has 0 aliphatic rings. The molecule has 0 aliphatic carbocycles. The van der Waals surface area contributed by atoms with E-state index < -0.39 is 0 Å². The summed E-state index contributed by atoms with van der Waals surface area (Å²) in [6.45, 7) is 4.94. The normalized spacial score (nSPS) is 10.0. The van der Waals surface area contributed by atoms with Gasteiger partial charge in [-0.05, 0) is 13.3 Å². The molecule has 1 rings (SSSR count). The summed E-state index contributed by atoms with van der Waals surface area (Å²) in [4.78, 5) is 14.3. The van der Waals surface area contributed by atoms with Crippen LogP contribution in [-0.2, 0) is 6.54 Å². The third-order valence-corrected chi connectivity index (χ3v) is 1.71. The van der Waals surface area contributed by atoms with E-state index in [4.69, 9.17) is 0 Å². The van der Waals surface area contributed by atoms with Crippen molar-refractivity contribution >= 4 is 6.29 Å². The molecule has 3 heteroatoms. The average molecular weight is 152 g/mol. The van der Waals surface area contributed by atoms with Gasteiger partial charge in [0.15, 0.2) is 6.29 Å². The molecule has 11 heavy (non-hydrogen) atoms. The molecule has 0 spiro atoms. The quantitative estimate of drug-likeness (QED) is 0.614. The largest absolute Gasteiger partial charge is 0.334 e. The van der Waals surface area contributed by atoms with Gasteiger partial charge in [-0.1, -0.05) is 6.92 Å². The van der Waals surface area contributed by atoms with Gasteiger partial charge in [-0.2, -0.15) is 0 Å². The highest BCUT2D eigenvalue weighted by atomic mass is 16.1. The molecule has 1 aromatic heterocycles. The number of carbonyl (C=O) groups excluding carboxylic acids is 1. The van der Waals surface area contributed by atoms with Crippen LogP contribution in [0.1, 0.15) is 29.5 Å². The molecule has 3 nitrogen and oxygen atoms in total. The maximum Gasteiger partial charge on any atom is 0.170 e. The Bertz CT molecular complexity index is 253. The highest BCUT2D eigenvalue weighted by Crippen LogP contribution is 2.03. The summed E-state index contributed by atoms with van der Waals surface area (Å²) < 4.78 is 1.99. The van der Waals surface area contributed by atoms with Gasteiger partial charge in [0.05, 0.1) is 6.33 Å². The highest BCUT2D eigenvalue weighted by Gasteiger charge is 2.02. The maximum atomic E-state index is 10.4. The lowest BCUT2D eigenvalue weighted by molar-refractivity contribution is 0.111. The third kappa shape index (κ3) is 1.48. The summed E-state index contributed by atoms with van der Waals surface area (Å²) in [5.74, 6) is 0. The zero-order valence-corrected chi connectivity index (χ0v) is 6.87. The van der Waals surface area contributed by atoms with Crippen molar-refractivity contribution in [2.24, 2.45) is 0 Å². The molecule has 1 heterocycles. The Morgan fingerprint density at radius 1 is 1.73 bits per heavy atom. The van der Waals surface area contributed by atoms with Gasteiger partial charge in [0.2, 0.25) is 0 Å². The SMILES string of the molecule is CCCn1cnc(C=O)c1C. The van der Waals surface area contributed by atoms with E-state index in [9.17, 15) is 4.79 Å². The average Bonchev–Trinajstić information content (AvgIpc) is 2.34. The van der Waals surface area contributed by atoms with Crippen LogP contribution in [0.15, 0.2) is 6.33 Å². The fraction of sp³-hybridized carbons (Fsp3) is 0.500. The number of hydrogen-bond donors (Lipinski definition) is 0. The van der Waals surface area contributed by atoms with Gasteiger partial charge in [0.1, 0.15) is 5.69 Å². The summed E-state index contributed by atoms with van der Waals surface area (Å²) in [5.41, 5.74) is 1.51. The Morgan fingerprint density at radius 3 is 2.91 bits per heavy atom. The molecular weight excluding hydrogens is 140 g/mol. The van der Waals surface area contributed by atoms with Crippen LogP contribution < -0.4 is 0 Å². The summed E-state index contributed by atoms with van der Waals surface area (Å²) in [7, 11) is 0. The zero-order chi connectivity index (χ0) is 8.27. The highest BCUT2D eigenvalue weighted by molar-refractivity contribution is 5.73. The molecule has 0 fully saturated rings. The van der Waals surface area contributed by atoms with Crippen LogP contribution in [0.3, 0.4) is 0 Å². The monoisotopic (exact) mass is 152 g/mol. The second kappa shape index (κ2) is 3.32. The van der Waals surface area contributed by atoms with Crippen molar-refractivity contribution in [1.82, 2.24) is 9.55 Å². The van der Waals surface area contributed by atoms with Crippen LogP contribution in [-0.4, -0.2) is 15.8 Å². The molecule has 60 valence electrons. The minimum Gasteiger partial charge on any atom is -0.334 e. The zero-order valence-electron chi connectivity index (χ0n) is 6.87. The molecule has 0 unspecified atom stereocenters. The number of imidazole rings is 1. The van der Waals surface area contributed by atoms with Crippen LogP contribution in [0.5, 0.6) is 0 Å². The number of aromatic nitrogens is 2. The Hall–Kier alpha value is -1.12.